The number of halogens is 1. The lowest BCUT2D eigenvalue weighted by Crippen LogP contribution is -2.56. The minimum absolute atomic E-state index is 0.169. The first-order valence-corrected chi connectivity index (χ1v) is 10.2. The highest BCUT2D eigenvalue weighted by atomic mass is 35.5. The quantitative estimate of drug-likeness (QED) is 0.716. The van der Waals surface area contributed by atoms with Crippen LogP contribution in [0.4, 0.5) is 0 Å². The Balaban J connectivity index is 1.82. The minimum atomic E-state index is -0.819. The molecule has 0 spiro atoms. The van der Waals surface area contributed by atoms with Crippen LogP contribution >= 0.6 is 23.8 Å². The SMILES string of the molecule is COc1ccc(CNC(=S)N(C)[C@]2(c3ccccc3Cl)CCCCC2=O)cc1. The van der Waals surface area contributed by atoms with Crippen molar-refractivity contribution in [1.82, 2.24) is 10.2 Å². The van der Waals surface area contributed by atoms with Gasteiger partial charge in [0, 0.05) is 30.6 Å². The summed E-state index contributed by atoms with van der Waals surface area (Å²) in [4.78, 5) is 15.1. The maximum atomic E-state index is 13.2. The molecular formula is C22H25ClN2O2S. The highest BCUT2D eigenvalue weighted by Gasteiger charge is 2.47. The van der Waals surface area contributed by atoms with E-state index < -0.39 is 5.54 Å². The van der Waals surface area contributed by atoms with Gasteiger partial charge in [-0.3, -0.25) is 4.79 Å². The molecule has 0 bridgehead atoms. The molecule has 0 aromatic heterocycles. The van der Waals surface area contributed by atoms with Crippen molar-refractivity contribution in [3.8, 4) is 5.75 Å². The molecule has 0 amide bonds. The summed E-state index contributed by atoms with van der Waals surface area (Å²) in [7, 11) is 3.53. The average molecular weight is 417 g/mol. The highest BCUT2D eigenvalue weighted by Crippen LogP contribution is 2.42. The summed E-state index contributed by atoms with van der Waals surface area (Å²) in [5, 5.41) is 4.42. The molecular weight excluding hydrogens is 392 g/mol. The fourth-order valence-corrected chi connectivity index (χ4v) is 4.36. The number of ether oxygens (including phenoxy) is 1. The lowest BCUT2D eigenvalue weighted by molar-refractivity contribution is -0.131. The third kappa shape index (κ3) is 4.01. The average Bonchev–Trinajstić information content (AvgIpc) is 2.73. The van der Waals surface area contributed by atoms with E-state index in [1.54, 1.807) is 7.11 Å². The van der Waals surface area contributed by atoms with E-state index in [1.807, 2.05) is 60.5 Å². The van der Waals surface area contributed by atoms with Gasteiger partial charge in [-0.2, -0.15) is 0 Å². The van der Waals surface area contributed by atoms with Gasteiger partial charge in [-0.25, -0.2) is 0 Å². The smallest absolute Gasteiger partial charge is 0.170 e. The number of likely N-dealkylation sites (N-methyl/N-ethyl adjacent to an activating group) is 1. The molecule has 1 N–H and O–H groups in total. The first-order chi connectivity index (χ1) is 13.5. The number of nitrogens with one attached hydrogen (secondary N) is 1. The molecule has 0 radical (unpaired) electrons. The second-order valence-electron chi connectivity index (χ2n) is 7.04. The zero-order valence-corrected chi connectivity index (χ0v) is 17.8. The van der Waals surface area contributed by atoms with Gasteiger partial charge in [0.1, 0.15) is 11.3 Å². The Hall–Kier alpha value is -2.11. The van der Waals surface area contributed by atoms with Crippen LogP contribution in [-0.2, 0) is 16.9 Å². The summed E-state index contributed by atoms with van der Waals surface area (Å²) in [5.41, 5.74) is 1.09. The van der Waals surface area contributed by atoms with Crippen LogP contribution in [0.3, 0.4) is 0 Å². The van der Waals surface area contributed by atoms with Crippen LogP contribution in [0.1, 0.15) is 36.8 Å². The van der Waals surface area contributed by atoms with Gasteiger partial charge in [-0.15, -0.1) is 0 Å². The van der Waals surface area contributed by atoms with Gasteiger partial charge in [0.05, 0.1) is 7.11 Å². The molecule has 6 heteroatoms. The number of carbonyl (C=O) groups excluding carboxylic acids is 1. The summed E-state index contributed by atoms with van der Waals surface area (Å²) in [6.07, 6.45) is 3.11. The van der Waals surface area contributed by atoms with Gasteiger partial charge in [-0.1, -0.05) is 41.9 Å². The van der Waals surface area contributed by atoms with E-state index in [4.69, 9.17) is 28.6 Å². The molecule has 28 heavy (non-hydrogen) atoms. The molecule has 2 aromatic carbocycles. The van der Waals surface area contributed by atoms with Crippen molar-refractivity contribution in [3.63, 3.8) is 0 Å². The molecule has 0 unspecified atom stereocenters. The largest absolute Gasteiger partial charge is 0.497 e. The number of hydrogen-bond acceptors (Lipinski definition) is 3. The third-order valence-corrected chi connectivity index (χ3v) is 6.20. The minimum Gasteiger partial charge on any atom is -0.497 e. The first-order valence-electron chi connectivity index (χ1n) is 9.42. The van der Waals surface area contributed by atoms with E-state index in [2.05, 4.69) is 5.32 Å². The Morgan fingerprint density at radius 2 is 1.93 bits per heavy atom. The van der Waals surface area contributed by atoms with Crippen LogP contribution in [0.2, 0.25) is 5.02 Å². The van der Waals surface area contributed by atoms with E-state index in [0.29, 0.717) is 29.5 Å². The first kappa shape index (κ1) is 20.6. The number of benzene rings is 2. The standard InChI is InChI=1S/C22H25ClN2O2S/c1-25(21(28)24-15-16-10-12-17(27-2)13-11-16)22(14-6-5-9-20(22)26)18-7-3-4-8-19(18)23/h3-4,7-8,10-13H,5-6,9,14-15H2,1-2H3,(H,24,28)/t22-/m0/s1. The van der Waals surface area contributed by atoms with Crippen molar-refractivity contribution in [3.05, 3.63) is 64.7 Å². The molecule has 2 aromatic rings. The fourth-order valence-electron chi connectivity index (χ4n) is 3.84. The number of Topliss-reactive ketones (excluding diaryl/α,β-unsaturated/α-hetero) is 1. The Morgan fingerprint density at radius 1 is 1.21 bits per heavy atom. The van der Waals surface area contributed by atoms with Crippen LogP contribution < -0.4 is 10.1 Å². The van der Waals surface area contributed by atoms with Crippen LogP contribution in [0.25, 0.3) is 0 Å². The van der Waals surface area contributed by atoms with Crippen LogP contribution in [-0.4, -0.2) is 30.0 Å². The van der Waals surface area contributed by atoms with Crippen LogP contribution in [0.15, 0.2) is 48.5 Å². The molecule has 0 heterocycles. The molecule has 0 aliphatic heterocycles. The van der Waals surface area contributed by atoms with E-state index in [1.165, 1.54) is 0 Å². The number of rotatable bonds is 5. The zero-order valence-electron chi connectivity index (χ0n) is 16.2. The second kappa shape index (κ2) is 8.93. The Labute approximate surface area is 176 Å². The number of carbonyl (C=O) groups is 1. The summed E-state index contributed by atoms with van der Waals surface area (Å²) in [6, 6.07) is 15.4. The van der Waals surface area contributed by atoms with Gasteiger partial charge < -0.3 is 15.0 Å². The molecule has 0 saturated heterocycles. The van der Waals surface area contributed by atoms with Gasteiger partial charge in [-0.05, 0) is 55.2 Å². The fraction of sp³-hybridized carbons (Fsp3) is 0.364. The monoisotopic (exact) mass is 416 g/mol. The van der Waals surface area contributed by atoms with E-state index >= 15 is 0 Å². The lowest BCUT2D eigenvalue weighted by atomic mass is 9.74. The number of hydrogen-bond donors (Lipinski definition) is 1. The Bertz CT molecular complexity index is 856. The van der Waals surface area contributed by atoms with E-state index in [-0.39, 0.29) is 5.78 Å². The number of thiocarbonyl (C=S) groups is 1. The Morgan fingerprint density at radius 3 is 2.57 bits per heavy atom. The Kier molecular flexibility index (Phi) is 6.57. The van der Waals surface area contributed by atoms with Gasteiger partial charge >= 0.3 is 0 Å². The molecule has 1 fully saturated rings. The third-order valence-electron chi connectivity index (χ3n) is 5.45. The maximum absolute atomic E-state index is 13.2. The highest BCUT2D eigenvalue weighted by molar-refractivity contribution is 7.80. The summed E-state index contributed by atoms with van der Waals surface area (Å²) < 4.78 is 5.19. The van der Waals surface area contributed by atoms with E-state index in [0.717, 1.165) is 29.7 Å². The molecule has 1 atom stereocenters. The van der Waals surface area contributed by atoms with Crippen molar-refractivity contribution in [2.24, 2.45) is 0 Å². The second-order valence-corrected chi connectivity index (χ2v) is 7.83. The molecule has 1 aliphatic carbocycles. The lowest BCUT2D eigenvalue weighted by Gasteiger charge is -2.45. The van der Waals surface area contributed by atoms with Crippen molar-refractivity contribution in [1.29, 1.82) is 0 Å². The summed E-state index contributed by atoms with van der Waals surface area (Å²) >= 11 is 12.2. The van der Waals surface area contributed by atoms with Gasteiger partial charge in [0.2, 0.25) is 0 Å². The summed E-state index contributed by atoms with van der Waals surface area (Å²) in [6.45, 7) is 0.569. The predicted octanol–water partition coefficient (Wildman–Crippen LogP) is 4.69. The molecule has 4 nitrogen and oxygen atoms in total. The van der Waals surface area contributed by atoms with Crippen LogP contribution in [0.5, 0.6) is 5.75 Å². The number of nitrogens with zero attached hydrogens (tertiary/aromatic N) is 1. The number of ketones is 1. The van der Waals surface area contributed by atoms with Crippen molar-refractivity contribution >= 4 is 34.7 Å². The molecule has 3 rings (SSSR count). The topological polar surface area (TPSA) is 41.6 Å². The summed E-state index contributed by atoms with van der Waals surface area (Å²) in [5.74, 6) is 0.983. The normalized spacial score (nSPS) is 19.2. The van der Waals surface area contributed by atoms with Gasteiger partial charge in [0.25, 0.3) is 0 Å². The molecule has 1 aliphatic rings. The van der Waals surface area contributed by atoms with Crippen molar-refractivity contribution < 1.29 is 9.53 Å². The molecule has 1 saturated carbocycles. The van der Waals surface area contributed by atoms with Gasteiger partial charge in [0.15, 0.2) is 10.9 Å². The van der Waals surface area contributed by atoms with Crippen molar-refractivity contribution in [2.75, 3.05) is 14.2 Å². The zero-order chi connectivity index (χ0) is 20.1. The predicted molar refractivity (Wildman–Crippen MR) is 117 cm³/mol. The molecule has 148 valence electrons. The maximum Gasteiger partial charge on any atom is 0.170 e. The van der Waals surface area contributed by atoms with E-state index in [9.17, 15) is 4.79 Å². The van der Waals surface area contributed by atoms with Crippen LogP contribution in [0, 0.1) is 0 Å². The number of methoxy groups -OCH3 is 1. The van der Waals surface area contributed by atoms with Crippen molar-refractivity contribution in [2.45, 2.75) is 37.8 Å².